The Morgan fingerprint density at radius 1 is 1.32 bits per heavy atom. The second-order valence-electron chi connectivity index (χ2n) is 4.86. The van der Waals surface area contributed by atoms with E-state index in [9.17, 15) is 4.79 Å². The first-order chi connectivity index (χ1) is 9.06. The predicted octanol–water partition coefficient (Wildman–Crippen LogP) is 3.04. The first kappa shape index (κ1) is 13.2. The van der Waals surface area contributed by atoms with Gasteiger partial charge in [-0.3, -0.25) is 0 Å². The van der Waals surface area contributed by atoms with Crippen LogP contribution in [0.2, 0.25) is 0 Å². The van der Waals surface area contributed by atoms with Gasteiger partial charge in [0.05, 0.1) is 5.56 Å². The van der Waals surface area contributed by atoms with Crippen molar-refractivity contribution in [3.05, 3.63) is 47.8 Å². The van der Waals surface area contributed by atoms with Crippen LogP contribution >= 0.6 is 0 Å². The molecule has 1 N–H and O–H groups in total. The molecule has 1 aromatic heterocycles. The van der Waals surface area contributed by atoms with E-state index in [1.54, 1.807) is 24.4 Å². The molecule has 98 valence electrons. The Kier molecular flexibility index (Phi) is 3.90. The topological polar surface area (TPSA) is 63.1 Å². The normalized spacial score (nSPS) is 10.7. The monoisotopic (exact) mass is 256 g/mol. The molecule has 0 saturated carbocycles. The summed E-state index contributed by atoms with van der Waals surface area (Å²) in [6, 6.07) is 8.57. The van der Waals surface area contributed by atoms with Gasteiger partial charge in [-0.25, -0.2) is 14.8 Å². The van der Waals surface area contributed by atoms with Crippen molar-refractivity contribution < 1.29 is 9.90 Å². The van der Waals surface area contributed by atoms with Crippen LogP contribution in [0.3, 0.4) is 0 Å². The van der Waals surface area contributed by atoms with Gasteiger partial charge >= 0.3 is 5.97 Å². The number of aromatic nitrogens is 2. The van der Waals surface area contributed by atoms with Crippen LogP contribution in [0.5, 0.6) is 0 Å². The lowest BCUT2D eigenvalue weighted by atomic mass is 10.1. The van der Waals surface area contributed by atoms with Crippen molar-refractivity contribution in [2.75, 3.05) is 0 Å². The summed E-state index contributed by atoms with van der Waals surface area (Å²) in [5, 5.41) is 8.99. The molecule has 0 spiro atoms. The van der Waals surface area contributed by atoms with Crippen LogP contribution in [0, 0.1) is 5.92 Å². The average Bonchev–Trinajstić information content (AvgIpc) is 2.38. The molecule has 19 heavy (non-hydrogen) atoms. The van der Waals surface area contributed by atoms with Gasteiger partial charge < -0.3 is 5.11 Å². The quantitative estimate of drug-likeness (QED) is 0.913. The van der Waals surface area contributed by atoms with Crippen molar-refractivity contribution >= 4 is 5.97 Å². The number of carbonyl (C=O) groups is 1. The summed E-state index contributed by atoms with van der Waals surface area (Å²) in [6.07, 6.45) is 2.60. The zero-order valence-corrected chi connectivity index (χ0v) is 11.0. The molecule has 0 aliphatic rings. The third kappa shape index (κ3) is 3.37. The number of carboxylic acids is 1. The molecule has 0 atom stereocenters. The lowest BCUT2D eigenvalue weighted by molar-refractivity contribution is 0.0697. The van der Waals surface area contributed by atoms with Gasteiger partial charge in [0.15, 0.2) is 5.82 Å². The Morgan fingerprint density at radius 2 is 2.11 bits per heavy atom. The van der Waals surface area contributed by atoms with Crippen LogP contribution in [0.25, 0.3) is 11.4 Å². The van der Waals surface area contributed by atoms with Crippen LogP contribution < -0.4 is 0 Å². The summed E-state index contributed by atoms with van der Waals surface area (Å²) in [5.74, 6) is 0.148. The lowest BCUT2D eigenvalue weighted by Gasteiger charge is -2.06. The molecule has 4 nitrogen and oxygen atoms in total. The van der Waals surface area contributed by atoms with Crippen molar-refractivity contribution in [1.82, 2.24) is 9.97 Å². The number of carboxylic acid groups (broad SMARTS) is 1. The summed E-state index contributed by atoms with van der Waals surface area (Å²) >= 11 is 0. The highest BCUT2D eigenvalue weighted by molar-refractivity contribution is 5.89. The molecule has 0 unspecified atom stereocenters. The fourth-order valence-corrected chi connectivity index (χ4v) is 1.86. The van der Waals surface area contributed by atoms with E-state index in [0.717, 1.165) is 17.7 Å². The number of benzene rings is 1. The number of nitrogens with zero attached hydrogens (tertiary/aromatic N) is 2. The fraction of sp³-hybridized carbons (Fsp3) is 0.267. The largest absolute Gasteiger partial charge is 0.478 e. The van der Waals surface area contributed by atoms with Crippen molar-refractivity contribution in [3.8, 4) is 11.4 Å². The second kappa shape index (κ2) is 5.61. The third-order valence-corrected chi connectivity index (χ3v) is 2.70. The van der Waals surface area contributed by atoms with E-state index in [-0.39, 0.29) is 5.56 Å². The fourth-order valence-electron chi connectivity index (χ4n) is 1.86. The highest BCUT2D eigenvalue weighted by atomic mass is 16.4. The molecule has 4 heteroatoms. The standard InChI is InChI=1S/C15H16N2O2/c1-10(2)8-13-6-7-16-14(17-13)11-4-3-5-12(9-11)15(18)19/h3-7,9-10H,8H2,1-2H3,(H,18,19). The summed E-state index contributed by atoms with van der Waals surface area (Å²) in [5.41, 5.74) is 1.95. The summed E-state index contributed by atoms with van der Waals surface area (Å²) in [6.45, 7) is 4.26. The maximum atomic E-state index is 11.0. The number of hydrogen-bond donors (Lipinski definition) is 1. The molecule has 0 saturated heterocycles. The molecule has 0 amide bonds. The molecule has 0 bridgehead atoms. The number of rotatable bonds is 4. The van der Waals surface area contributed by atoms with Crippen LogP contribution in [-0.4, -0.2) is 21.0 Å². The van der Waals surface area contributed by atoms with E-state index in [1.807, 2.05) is 12.1 Å². The van der Waals surface area contributed by atoms with Gasteiger partial charge in [0.2, 0.25) is 0 Å². The Hall–Kier alpha value is -2.23. The van der Waals surface area contributed by atoms with E-state index in [2.05, 4.69) is 23.8 Å². The zero-order valence-electron chi connectivity index (χ0n) is 11.0. The van der Waals surface area contributed by atoms with Gasteiger partial charge in [0.25, 0.3) is 0 Å². The highest BCUT2D eigenvalue weighted by Crippen LogP contribution is 2.17. The van der Waals surface area contributed by atoms with Crippen LogP contribution in [0.15, 0.2) is 36.5 Å². The van der Waals surface area contributed by atoms with Crippen molar-refractivity contribution in [3.63, 3.8) is 0 Å². The molecule has 2 aromatic rings. The predicted molar refractivity (Wildman–Crippen MR) is 73.0 cm³/mol. The van der Waals surface area contributed by atoms with Crippen molar-refractivity contribution in [1.29, 1.82) is 0 Å². The first-order valence-corrected chi connectivity index (χ1v) is 6.22. The Labute approximate surface area is 112 Å². The maximum absolute atomic E-state index is 11.0. The third-order valence-electron chi connectivity index (χ3n) is 2.70. The first-order valence-electron chi connectivity index (χ1n) is 6.22. The van der Waals surface area contributed by atoms with Gasteiger partial charge in [0.1, 0.15) is 0 Å². The molecule has 0 aliphatic carbocycles. The van der Waals surface area contributed by atoms with Crippen LogP contribution in [0.1, 0.15) is 29.9 Å². The molecule has 0 radical (unpaired) electrons. The minimum atomic E-state index is -0.944. The van der Waals surface area contributed by atoms with Gasteiger partial charge in [-0.05, 0) is 30.5 Å². The highest BCUT2D eigenvalue weighted by Gasteiger charge is 2.08. The average molecular weight is 256 g/mol. The zero-order chi connectivity index (χ0) is 13.8. The Bertz CT molecular complexity index is 594. The minimum absolute atomic E-state index is 0.246. The number of aromatic carboxylic acids is 1. The van der Waals surface area contributed by atoms with Crippen LogP contribution in [-0.2, 0) is 6.42 Å². The lowest BCUT2D eigenvalue weighted by Crippen LogP contribution is -2.01. The van der Waals surface area contributed by atoms with E-state index in [0.29, 0.717) is 11.7 Å². The SMILES string of the molecule is CC(C)Cc1ccnc(-c2cccc(C(=O)O)c2)n1. The molecule has 2 rings (SSSR count). The maximum Gasteiger partial charge on any atom is 0.335 e. The molecule has 1 heterocycles. The van der Waals surface area contributed by atoms with E-state index in [4.69, 9.17) is 5.11 Å². The smallest absolute Gasteiger partial charge is 0.335 e. The van der Waals surface area contributed by atoms with Gasteiger partial charge in [-0.15, -0.1) is 0 Å². The number of hydrogen-bond acceptors (Lipinski definition) is 3. The summed E-state index contributed by atoms with van der Waals surface area (Å²) < 4.78 is 0. The minimum Gasteiger partial charge on any atom is -0.478 e. The van der Waals surface area contributed by atoms with E-state index >= 15 is 0 Å². The van der Waals surface area contributed by atoms with Gasteiger partial charge in [-0.2, -0.15) is 0 Å². The summed E-state index contributed by atoms with van der Waals surface area (Å²) in [4.78, 5) is 19.6. The van der Waals surface area contributed by atoms with E-state index < -0.39 is 5.97 Å². The van der Waals surface area contributed by atoms with Crippen molar-refractivity contribution in [2.45, 2.75) is 20.3 Å². The summed E-state index contributed by atoms with van der Waals surface area (Å²) in [7, 11) is 0. The molecular weight excluding hydrogens is 240 g/mol. The molecule has 1 aromatic carbocycles. The molecule has 0 fully saturated rings. The van der Waals surface area contributed by atoms with Crippen molar-refractivity contribution in [2.24, 2.45) is 5.92 Å². The van der Waals surface area contributed by atoms with Crippen LogP contribution in [0.4, 0.5) is 0 Å². The molecular formula is C15H16N2O2. The molecule has 0 aliphatic heterocycles. The Morgan fingerprint density at radius 3 is 2.79 bits per heavy atom. The second-order valence-corrected chi connectivity index (χ2v) is 4.86. The van der Waals surface area contributed by atoms with Gasteiger partial charge in [-0.1, -0.05) is 26.0 Å². The van der Waals surface area contributed by atoms with E-state index in [1.165, 1.54) is 0 Å². The van der Waals surface area contributed by atoms with Gasteiger partial charge in [0, 0.05) is 17.5 Å². The Balaban J connectivity index is 2.36.